The number of hydrogen-bond donors (Lipinski definition) is 1. The lowest BCUT2D eigenvalue weighted by Crippen LogP contribution is -2.14. The van der Waals surface area contributed by atoms with E-state index in [9.17, 15) is 0 Å². The molecule has 0 fully saturated rings. The molecule has 0 aliphatic carbocycles. The van der Waals surface area contributed by atoms with Crippen molar-refractivity contribution in [2.24, 2.45) is 0 Å². The van der Waals surface area contributed by atoms with Crippen LogP contribution in [0, 0.1) is 0 Å². The molecule has 0 heterocycles. The molecule has 0 bridgehead atoms. The average Bonchev–Trinajstić information content (AvgIpc) is 2.33. The van der Waals surface area contributed by atoms with E-state index in [2.05, 4.69) is 45.9 Å². The van der Waals surface area contributed by atoms with E-state index in [0.29, 0.717) is 6.61 Å². The normalized spacial score (nSPS) is 11.6. The Bertz CT molecular complexity index is 364. The number of aliphatic hydroxyl groups excluding tert-OH is 1. The topological polar surface area (TPSA) is 29.5 Å². The Balaban J connectivity index is 2.82. The quantitative estimate of drug-likeness (QED) is 0.780. The molecule has 102 valence electrons. The molecule has 0 radical (unpaired) electrons. The first-order valence-electron chi connectivity index (χ1n) is 6.86. The van der Waals surface area contributed by atoms with Gasteiger partial charge in [0, 0.05) is 6.61 Å². The number of rotatable bonds is 6. The lowest BCUT2D eigenvalue weighted by atomic mass is 9.85. The van der Waals surface area contributed by atoms with Crippen LogP contribution in [0.2, 0.25) is 0 Å². The smallest absolute Gasteiger partial charge is 0.123 e. The highest BCUT2D eigenvalue weighted by molar-refractivity contribution is 5.41. The summed E-state index contributed by atoms with van der Waals surface area (Å²) in [7, 11) is 0. The minimum Gasteiger partial charge on any atom is -0.493 e. The molecule has 0 saturated heterocycles. The molecule has 18 heavy (non-hydrogen) atoms. The second-order valence-corrected chi connectivity index (χ2v) is 5.71. The van der Waals surface area contributed by atoms with E-state index >= 15 is 0 Å². The molecule has 1 N–H and O–H groups in total. The van der Waals surface area contributed by atoms with Crippen molar-refractivity contribution < 1.29 is 9.84 Å². The molecule has 0 atom stereocenters. The van der Waals surface area contributed by atoms with Crippen LogP contribution < -0.4 is 4.74 Å². The lowest BCUT2D eigenvalue weighted by molar-refractivity contribution is 0.250. The predicted molar refractivity (Wildman–Crippen MR) is 76.3 cm³/mol. The molecule has 1 aromatic rings. The molecule has 0 unspecified atom stereocenters. The zero-order chi connectivity index (χ0) is 13.6. The monoisotopic (exact) mass is 250 g/mol. The number of ether oxygens (including phenoxy) is 1. The first-order chi connectivity index (χ1) is 8.49. The first-order valence-corrected chi connectivity index (χ1v) is 6.86. The van der Waals surface area contributed by atoms with E-state index in [4.69, 9.17) is 9.84 Å². The number of aryl methyl sites for hydroxylation is 1. The summed E-state index contributed by atoms with van der Waals surface area (Å²) in [5.41, 5.74) is 2.71. The molecule has 1 rings (SSSR count). The number of unbranched alkanes of at least 4 members (excludes halogenated alkanes) is 1. The van der Waals surface area contributed by atoms with Crippen molar-refractivity contribution in [1.29, 1.82) is 0 Å². The number of aliphatic hydroxyl groups is 1. The number of hydrogen-bond acceptors (Lipinski definition) is 2. The highest BCUT2D eigenvalue weighted by Crippen LogP contribution is 2.32. The van der Waals surface area contributed by atoms with Gasteiger partial charge in [-0.15, -0.1) is 0 Å². The second-order valence-electron chi connectivity index (χ2n) is 5.71. The summed E-state index contributed by atoms with van der Waals surface area (Å²) in [5, 5.41) is 8.76. The zero-order valence-electron chi connectivity index (χ0n) is 12.1. The van der Waals surface area contributed by atoms with Gasteiger partial charge in [0.2, 0.25) is 0 Å². The van der Waals surface area contributed by atoms with Gasteiger partial charge in [-0.05, 0) is 41.9 Å². The Morgan fingerprint density at radius 2 is 1.89 bits per heavy atom. The SMILES string of the molecule is CCc1ccc(OCCCCO)c(C(C)(C)C)c1. The Morgan fingerprint density at radius 3 is 2.44 bits per heavy atom. The Hall–Kier alpha value is -1.02. The zero-order valence-corrected chi connectivity index (χ0v) is 12.1. The molecule has 0 saturated carbocycles. The molecule has 1 aromatic carbocycles. The fourth-order valence-corrected chi connectivity index (χ4v) is 1.91. The van der Waals surface area contributed by atoms with Gasteiger partial charge in [-0.2, -0.15) is 0 Å². The van der Waals surface area contributed by atoms with Gasteiger partial charge in [-0.25, -0.2) is 0 Å². The van der Waals surface area contributed by atoms with Crippen molar-refractivity contribution in [2.45, 2.75) is 52.4 Å². The van der Waals surface area contributed by atoms with E-state index < -0.39 is 0 Å². The van der Waals surface area contributed by atoms with Crippen molar-refractivity contribution in [3.8, 4) is 5.75 Å². The fraction of sp³-hybridized carbons (Fsp3) is 0.625. The van der Waals surface area contributed by atoms with Crippen molar-refractivity contribution >= 4 is 0 Å². The molecular formula is C16H26O2. The van der Waals surface area contributed by atoms with Gasteiger partial charge in [-0.1, -0.05) is 39.8 Å². The van der Waals surface area contributed by atoms with Gasteiger partial charge in [0.1, 0.15) is 5.75 Å². The summed E-state index contributed by atoms with van der Waals surface area (Å²) in [6, 6.07) is 6.47. The highest BCUT2D eigenvalue weighted by atomic mass is 16.5. The third-order valence-electron chi connectivity index (χ3n) is 3.07. The van der Waals surface area contributed by atoms with Gasteiger partial charge in [-0.3, -0.25) is 0 Å². The first kappa shape index (κ1) is 15.0. The largest absolute Gasteiger partial charge is 0.493 e. The van der Waals surface area contributed by atoms with Crippen LogP contribution in [0.5, 0.6) is 5.75 Å². The molecule has 0 amide bonds. The standard InChI is InChI=1S/C16H26O2/c1-5-13-8-9-15(18-11-7-6-10-17)14(12-13)16(2,3)4/h8-9,12,17H,5-7,10-11H2,1-4H3. The Morgan fingerprint density at radius 1 is 1.17 bits per heavy atom. The van der Waals surface area contributed by atoms with Crippen molar-refractivity contribution in [1.82, 2.24) is 0 Å². The van der Waals surface area contributed by atoms with Crippen LogP contribution in [0.3, 0.4) is 0 Å². The highest BCUT2D eigenvalue weighted by Gasteiger charge is 2.19. The van der Waals surface area contributed by atoms with Crippen molar-refractivity contribution in [3.63, 3.8) is 0 Å². The molecule has 0 aromatic heterocycles. The van der Waals surface area contributed by atoms with E-state index in [1.54, 1.807) is 0 Å². The summed E-state index contributed by atoms with van der Waals surface area (Å²) in [6.45, 7) is 9.72. The maximum absolute atomic E-state index is 8.76. The predicted octanol–water partition coefficient (Wildman–Crippen LogP) is 3.70. The third-order valence-corrected chi connectivity index (χ3v) is 3.07. The maximum atomic E-state index is 8.76. The van der Waals surface area contributed by atoms with E-state index in [-0.39, 0.29) is 12.0 Å². The van der Waals surface area contributed by atoms with Gasteiger partial charge in [0.15, 0.2) is 0 Å². The molecule has 0 spiro atoms. The van der Waals surface area contributed by atoms with Crippen molar-refractivity contribution in [2.75, 3.05) is 13.2 Å². The van der Waals surface area contributed by atoms with E-state index in [1.807, 2.05) is 0 Å². The van der Waals surface area contributed by atoms with Crippen LogP contribution in [0.15, 0.2) is 18.2 Å². The molecule has 2 nitrogen and oxygen atoms in total. The van der Waals surface area contributed by atoms with Crippen LogP contribution >= 0.6 is 0 Å². The third kappa shape index (κ3) is 4.34. The van der Waals surface area contributed by atoms with Crippen LogP contribution in [0.4, 0.5) is 0 Å². The average molecular weight is 250 g/mol. The minimum atomic E-state index is 0.0947. The Labute approximate surface area is 111 Å². The van der Waals surface area contributed by atoms with Crippen LogP contribution in [0.1, 0.15) is 51.7 Å². The van der Waals surface area contributed by atoms with Crippen LogP contribution in [-0.4, -0.2) is 18.3 Å². The number of benzene rings is 1. The fourth-order valence-electron chi connectivity index (χ4n) is 1.91. The van der Waals surface area contributed by atoms with Gasteiger partial charge in [0.25, 0.3) is 0 Å². The van der Waals surface area contributed by atoms with Gasteiger partial charge in [0.05, 0.1) is 6.61 Å². The van der Waals surface area contributed by atoms with Gasteiger partial charge >= 0.3 is 0 Å². The second kappa shape index (κ2) is 6.79. The maximum Gasteiger partial charge on any atom is 0.123 e. The summed E-state index contributed by atoms with van der Waals surface area (Å²) >= 11 is 0. The molecular weight excluding hydrogens is 224 g/mol. The van der Waals surface area contributed by atoms with E-state index in [0.717, 1.165) is 25.0 Å². The van der Waals surface area contributed by atoms with Crippen molar-refractivity contribution in [3.05, 3.63) is 29.3 Å². The van der Waals surface area contributed by atoms with Gasteiger partial charge < -0.3 is 9.84 Å². The Kier molecular flexibility index (Phi) is 5.67. The molecule has 0 aliphatic rings. The van der Waals surface area contributed by atoms with Crippen LogP contribution in [0.25, 0.3) is 0 Å². The minimum absolute atomic E-state index is 0.0947. The summed E-state index contributed by atoms with van der Waals surface area (Å²) in [6.07, 6.45) is 2.75. The lowest BCUT2D eigenvalue weighted by Gasteiger charge is -2.23. The molecule has 2 heteroatoms. The summed E-state index contributed by atoms with van der Waals surface area (Å²) in [4.78, 5) is 0. The summed E-state index contributed by atoms with van der Waals surface area (Å²) < 4.78 is 5.85. The summed E-state index contributed by atoms with van der Waals surface area (Å²) in [5.74, 6) is 0.984. The van der Waals surface area contributed by atoms with E-state index in [1.165, 1.54) is 11.1 Å². The molecule has 0 aliphatic heterocycles. The van der Waals surface area contributed by atoms with Crippen LogP contribution in [-0.2, 0) is 11.8 Å².